The predicted molar refractivity (Wildman–Crippen MR) is 65.6 cm³/mol. The van der Waals surface area contributed by atoms with E-state index in [1.165, 1.54) is 37.8 Å². The zero-order valence-corrected chi connectivity index (χ0v) is 9.88. The molecule has 0 bridgehead atoms. The molecule has 2 nitrogen and oxygen atoms in total. The Labute approximate surface area is 101 Å². The average Bonchev–Trinajstić information content (AvgIpc) is 2.55. The van der Waals surface area contributed by atoms with E-state index in [-0.39, 0.29) is 5.82 Å². The Balaban J connectivity index is 1.68. The monoisotopic (exact) mass is 232 g/mol. The number of rotatable bonds is 3. The summed E-state index contributed by atoms with van der Waals surface area (Å²) >= 11 is 0. The van der Waals surface area contributed by atoms with Crippen LogP contribution >= 0.6 is 0 Å². The van der Waals surface area contributed by atoms with Gasteiger partial charge in [-0.1, -0.05) is 25.3 Å². The minimum absolute atomic E-state index is 0.241. The first-order valence-corrected chi connectivity index (χ1v) is 6.36. The molecule has 1 fully saturated rings. The highest BCUT2D eigenvalue weighted by Gasteiger charge is 2.26. The summed E-state index contributed by atoms with van der Waals surface area (Å²) in [5.74, 6) is 1.12. The maximum absolute atomic E-state index is 13.1. The Morgan fingerprint density at radius 3 is 2.88 bits per heavy atom. The molecule has 17 heavy (non-hydrogen) atoms. The molecule has 3 rings (SSSR count). The van der Waals surface area contributed by atoms with Crippen LogP contribution in [0.3, 0.4) is 0 Å². The van der Waals surface area contributed by atoms with Crippen molar-refractivity contribution in [2.45, 2.75) is 32.2 Å². The number of benzene rings is 1. The van der Waals surface area contributed by atoms with Gasteiger partial charge >= 0.3 is 0 Å². The SMILES string of the molecule is N=C1c2cc(F)ccc2CN1CCC1CCC1. The number of halogens is 1. The molecule has 1 heterocycles. The van der Waals surface area contributed by atoms with Crippen LogP contribution in [-0.4, -0.2) is 17.3 Å². The third kappa shape index (κ3) is 1.94. The van der Waals surface area contributed by atoms with Gasteiger partial charge in [0.15, 0.2) is 0 Å². The first kappa shape index (κ1) is 10.8. The van der Waals surface area contributed by atoms with E-state index in [2.05, 4.69) is 4.90 Å². The van der Waals surface area contributed by atoms with E-state index in [1.54, 1.807) is 0 Å². The largest absolute Gasteiger partial charge is 0.352 e. The smallest absolute Gasteiger partial charge is 0.128 e. The van der Waals surface area contributed by atoms with Crippen molar-refractivity contribution >= 4 is 5.84 Å². The van der Waals surface area contributed by atoms with Crippen LogP contribution in [0.1, 0.15) is 36.8 Å². The van der Waals surface area contributed by atoms with Crippen LogP contribution in [0.2, 0.25) is 0 Å². The zero-order valence-electron chi connectivity index (χ0n) is 9.88. The third-order valence-corrected chi connectivity index (χ3v) is 4.04. The van der Waals surface area contributed by atoms with Crippen molar-refractivity contribution in [2.24, 2.45) is 5.92 Å². The Bertz CT molecular complexity index is 452. The van der Waals surface area contributed by atoms with Crippen LogP contribution in [-0.2, 0) is 6.54 Å². The van der Waals surface area contributed by atoms with Gasteiger partial charge in [0.25, 0.3) is 0 Å². The second-order valence-corrected chi connectivity index (χ2v) is 5.16. The van der Waals surface area contributed by atoms with Crippen LogP contribution in [0.5, 0.6) is 0 Å². The normalized spacial score (nSPS) is 19.4. The first-order chi connectivity index (χ1) is 8.24. The van der Waals surface area contributed by atoms with Gasteiger partial charge < -0.3 is 4.90 Å². The van der Waals surface area contributed by atoms with Gasteiger partial charge in [0.2, 0.25) is 0 Å². The molecule has 1 aromatic rings. The van der Waals surface area contributed by atoms with Crippen molar-refractivity contribution in [1.82, 2.24) is 4.90 Å². The number of amidine groups is 1. The molecule has 0 atom stereocenters. The van der Waals surface area contributed by atoms with Crippen molar-refractivity contribution < 1.29 is 4.39 Å². The van der Waals surface area contributed by atoms with Crippen LogP contribution in [0.25, 0.3) is 0 Å². The fraction of sp³-hybridized carbons (Fsp3) is 0.500. The fourth-order valence-electron chi connectivity index (χ4n) is 2.67. The van der Waals surface area contributed by atoms with Gasteiger partial charge in [0, 0.05) is 18.7 Å². The summed E-state index contributed by atoms with van der Waals surface area (Å²) in [6.07, 6.45) is 5.25. The number of nitrogens with one attached hydrogen (secondary N) is 1. The number of fused-ring (bicyclic) bond motifs is 1. The molecule has 1 saturated carbocycles. The number of nitrogens with zero attached hydrogens (tertiary/aromatic N) is 1. The number of hydrogen-bond donors (Lipinski definition) is 1. The van der Waals surface area contributed by atoms with E-state index < -0.39 is 0 Å². The van der Waals surface area contributed by atoms with E-state index in [1.807, 2.05) is 6.07 Å². The molecule has 1 aliphatic carbocycles. The maximum atomic E-state index is 13.1. The molecule has 0 spiro atoms. The van der Waals surface area contributed by atoms with Gasteiger partial charge in [0.1, 0.15) is 11.7 Å². The molecule has 0 amide bonds. The second kappa shape index (κ2) is 4.13. The summed E-state index contributed by atoms with van der Waals surface area (Å²) in [5, 5.41) is 8.06. The molecule has 90 valence electrons. The van der Waals surface area contributed by atoms with Crippen LogP contribution in [0.15, 0.2) is 18.2 Å². The third-order valence-electron chi connectivity index (χ3n) is 4.04. The molecule has 0 aromatic heterocycles. The minimum atomic E-state index is -0.241. The quantitative estimate of drug-likeness (QED) is 0.851. The molecule has 2 aliphatic rings. The van der Waals surface area contributed by atoms with Crippen molar-refractivity contribution in [3.8, 4) is 0 Å². The van der Waals surface area contributed by atoms with Crippen molar-refractivity contribution in [2.75, 3.05) is 6.54 Å². The lowest BCUT2D eigenvalue weighted by Gasteiger charge is -2.28. The molecule has 0 radical (unpaired) electrons. The molecule has 1 aliphatic heterocycles. The van der Waals surface area contributed by atoms with E-state index in [0.717, 1.165) is 30.1 Å². The standard InChI is InChI=1S/C14H17FN2/c15-12-5-4-11-9-17(14(16)13(11)8-12)7-6-10-2-1-3-10/h4-5,8,10,16H,1-3,6-7,9H2. The predicted octanol–water partition coefficient (Wildman–Crippen LogP) is 3.16. The van der Waals surface area contributed by atoms with E-state index in [0.29, 0.717) is 5.84 Å². The highest BCUT2D eigenvalue weighted by molar-refractivity contribution is 6.00. The molecular weight excluding hydrogens is 215 g/mol. The van der Waals surface area contributed by atoms with Gasteiger partial charge in [-0.2, -0.15) is 0 Å². The topological polar surface area (TPSA) is 27.1 Å². The fourth-order valence-corrected chi connectivity index (χ4v) is 2.67. The highest BCUT2D eigenvalue weighted by atomic mass is 19.1. The summed E-state index contributed by atoms with van der Waals surface area (Å²) in [5.41, 5.74) is 1.86. The Hall–Kier alpha value is -1.38. The average molecular weight is 232 g/mol. The van der Waals surface area contributed by atoms with E-state index in [9.17, 15) is 4.39 Å². The summed E-state index contributed by atoms with van der Waals surface area (Å²) in [6, 6.07) is 4.78. The maximum Gasteiger partial charge on any atom is 0.128 e. The first-order valence-electron chi connectivity index (χ1n) is 6.36. The van der Waals surface area contributed by atoms with E-state index >= 15 is 0 Å². The summed E-state index contributed by atoms with van der Waals surface area (Å²) in [4.78, 5) is 2.07. The Morgan fingerprint density at radius 2 is 2.18 bits per heavy atom. The Kier molecular flexibility index (Phi) is 2.61. The molecule has 3 heteroatoms. The van der Waals surface area contributed by atoms with Gasteiger partial charge in [-0.3, -0.25) is 5.41 Å². The van der Waals surface area contributed by atoms with Crippen molar-refractivity contribution in [3.05, 3.63) is 35.1 Å². The molecule has 1 aromatic carbocycles. The highest BCUT2D eigenvalue weighted by Crippen LogP contribution is 2.31. The minimum Gasteiger partial charge on any atom is -0.352 e. The second-order valence-electron chi connectivity index (χ2n) is 5.16. The van der Waals surface area contributed by atoms with Crippen LogP contribution in [0, 0.1) is 17.1 Å². The van der Waals surface area contributed by atoms with Crippen molar-refractivity contribution in [3.63, 3.8) is 0 Å². The molecule has 0 saturated heterocycles. The molecular formula is C14H17FN2. The van der Waals surface area contributed by atoms with Gasteiger partial charge in [0.05, 0.1) is 0 Å². The van der Waals surface area contributed by atoms with Gasteiger partial charge in [-0.25, -0.2) is 4.39 Å². The number of hydrogen-bond acceptors (Lipinski definition) is 1. The van der Waals surface area contributed by atoms with Gasteiger partial charge in [-0.05, 0) is 30.0 Å². The lowest BCUT2D eigenvalue weighted by atomic mass is 9.83. The van der Waals surface area contributed by atoms with Crippen LogP contribution in [0.4, 0.5) is 4.39 Å². The zero-order chi connectivity index (χ0) is 11.8. The summed E-state index contributed by atoms with van der Waals surface area (Å²) < 4.78 is 13.1. The lowest BCUT2D eigenvalue weighted by Crippen LogP contribution is -2.28. The Morgan fingerprint density at radius 1 is 1.35 bits per heavy atom. The van der Waals surface area contributed by atoms with Crippen molar-refractivity contribution in [1.29, 1.82) is 5.41 Å². The van der Waals surface area contributed by atoms with Crippen LogP contribution < -0.4 is 0 Å². The van der Waals surface area contributed by atoms with E-state index in [4.69, 9.17) is 5.41 Å². The molecule has 0 unspecified atom stereocenters. The summed E-state index contributed by atoms with van der Waals surface area (Å²) in [7, 11) is 0. The lowest BCUT2D eigenvalue weighted by molar-refractivity contribution is 0.263. The van der Waals surface area contributed by atoms with Gasteiger partial charge in [-0.15, -0.1) is 0 Å². The molecule has 1 N–H and O–H groups in total. The summed E-state index contributed by atoms with van der Waals surface area (Å²) in [6.45, 7) is 1.72.